The fraction of sp³-hybridized carbons (Fsp3) is 0.333. The lowest BCUT2D eigenvalue weighted by Crippen LogP contribution is -2.22. The Kier molecular flexibility index (Phi) is 4.08. The quantitative estimate of drug-likeness (QED) is 0.796. The second-order valence-electron chi connectivity index (χ2n) is 3.05. The predicted octanol–water partition coefficient (Wildman–Crippen LogP) is 0.535. The summed E-state index contributed by atoms with van der Waals surface area (Å²) in [5, 5.41) is 0. The Balaban J connectivity index is 2.97. The Hall–Kier alpha value is -1.34. The zero-order valence-corrected chi connectivity index (χ0v) is 9.55. The van der Waals surface area contributed by atoms with Gasteiger partial charge in [-0.05, 0) is 12.1 Å². The number of hydrogen-bond donors (Lipinski definition) is 2. The lowest BCUT2D eigenvalue weighted by atomic mass is 10.3. The van der Waals surface area contributed by atoms with E-state index in [2.05, 4.69) is 4.72 Å². The largest absolute Gasteiger partial charge is 0.494 e. The molecule has 0 aliphatic carbocycles. The van der Waals surface area contributed by atoms with Crippen molar-refractivity contribution in [1.29, 1.82) is 0 Å². The summed E-state index contributed by atoms with van der Waals surface area (Å²) < 4.78 is 42.8. The summed E-state index contributed by atoms with van der Waals surface area (Å²) in [6.45, 7) is 0.0127. The van der Waals surface area contributed by atoms with Crippen LogP contribution in [0.4, 0.5) is 10.1 Å². The van der Waals surface area contributed by atoms with E-state index in [1.54, 1.807) is 0 Å². The molecule has 1 aromatic rings. The molecule has 0 aromatic heterocycles. The molecule has 0 heterocycles. The zero-order valence-electron chi connectivity index (χ0n) is 8.73. The third-order valence-electron chi connectivity index (χ3n) is 1.82. The molecule has 0 amide bonds. The predicted molar refractivity (Wildman–Crippen MR) is 59.4 cm³/mol. The highest BCUT2D eigenvalue weighted by Crippen LogP contribution is 2.25. The average Bonchev–Trinajstić information content (AvgIpc) is 2.20. The second-order valence-corrected chi connectivity index (χ2v) is 4.90. The molecule has 0 unspecified atom stereocenters. The molecule has 90 valence electrons. The monoisotopic (exact) mass is 248 g/mol. The summed E-state index contributed by atoms with van der Waals surface area (Å²) in [6, 6.07) is 3.53. The van der Waals surface area contributed by atoms with Gasteiger partial charge in [-0.3, -0.25) is 4.72 Å². The maximum Gasteiger partial charge on any atom is 0.234 e. The first-order valence-corrected chi connectivity index (χ1v) is 6.18. The number of hydrogen-bond acceptors (Lipinski definition) is 4. The fourth-order valence-electron chi connectivity index (χ4n) is 1.12. The Labute approximate surface area is 93.5 Å². The molecular formula is C9H13FN2O3S. The maximum absolute atomic E-state index is 12.8. The summed E-state index contributed by atoms with van der Waals surface area (Å²) in [7, 11) is -2.18. The van der Waals surface area contributed by atoms with Crippen LogP contribution in [0.15, 0.2) is 18.2 Å². The van der Waals surface area contributed by atoms with Crippen molar-refractivity contribution in [2.45, 2.75) is 0 Å². The Morgan fingerprint density at radius 3 is 2.75 bits per heavy atom. The van der Waals surface area contributed by atoms with E-state index in [4.69, 9.17) is 10.5 Å². The van der Waals surface area contributed by atoms with E-state index >= 15 is 0 Å². The Morgan fingerprint density at radius 2 is 2.19 bits per heavy atom. The van der Waals surface area contributed by atoms with E-state index in [1.807, 2.05) is 0 Å². The molecule has 16 heavy (non-hydrogen) atoms. The van der Waals surface area contributed by atoms with Gasteiger partial charge in [0, 0.05) is 12.6 Å². The molecule has 1 aromatic carbocycles. The molecule has 0 saturated carbocycles. The summed E-state index contributed by atoms with van der Waals surface area (Å²) in [4.78, 5) is 0. The molecule has 0 aliphatic heterocycles. The average molecular weight is 248 g/mol. The molecule has 0 saturated heterocycles. The van der Waals surface area contributed by atoms with Crippen molar-refractivity contribution in [1.82, 2.24) is 0 Å². The summed E-state index contributed by atoms with van der Waals surface area (Å²) in [5.41, 5.74) is 5.34. The van der Waals surface area contributed by atoms with Crippen molar-refractivity contribution in [2.75, 3.05) is 24.1 Å². The van der Waals surface area contributed by atoms with E-state index in [0.717, 1.165) is 12.1 Å². The van der Waals surface area contributed by atoms with Gasteiger partial charge in [0.05, 0.1) is 18.6 Å². The minimum atomic E-state index is -3.51. The first kappa shape index (κ1) is 12.7. The maximum atomic E-state index is 12.8. The van der Waals surface area contributed by atoms with Crippen LogP contribution in [0.25, 0.3) is 0 Å². The van der Waals surface area contributed by atoms with Crippen molar-refractivity contribution < 1.29 is 17.5 Å². The first-order chi connectivity index (χ1) is 7.48. The van der Waals surface area contributed by atoms with E-state index in [1.165, 1.54) is 13.2 Å². The van der Waals surface area contributed by atoms with E-state index in [9.17, 15) is 12.8 Å². The van der Waals surface area contributed by atoms with Gasteiger partial charge in [0.15, 0.2) is 0 Å². The van der Waals surface area contributed by atoms with E-state index < -0.39 is 15.8 Å². The Morgan fingerprint density at radius 1 is 1.50 bits per heavy atom. The van der Waals surface area contributed by atoms with Crippen molar-refractivity contribution in [2.24, 2.45) is 5.73 Å². The molecule has 0 bridgehead atoms. The van der Waals surface area contributed by atoms with E-state index in [-0.39, 0.29) is 23.7 Å². The number of halogens is 1. The SMILES string of the molecule is COc1cc(F)ccc1NS(=O)(=O)CCN. The smallest absolute Gasteiger partial charge is 0.234 e. The summed E-state index contributed by atoms with van der Waals surface area (Å²) in [5.74, 6) is -0.577. The third kappa shape index (κ3) is 3.35. The molecule has 0 aliphatic rings. The number of sulfonamides is 1. The molecule has 0 spiro atoms. The minimum absolute atomic E-state index is 0.0127. The molecule has 0 radical (unpaired) electrons. The number of ether oxygens (including phenoxy) is 1. The van der Waals surface area contributed by atoms with Gasteiger partial charge in [0.25, 0.3) is 0 Å². The second kappa shape index (κ2) is 5.13. The van der Waals surface area contributed by atoms with Gasteiger partial charge in [-0.25, -0.2) is 12.8 Å². The fourth-order valence-corrected chi connectivity index (χ4v) is 2.04. The normalized spacial score (nSPS) is 11.2. The summed E-state index contributed by atoms with van der Waals surface area (Å²) in [6.07, 6.45) is 0. The topological polar surface area (TPSA) is 81.4 Å². The first-order valence-electron chi connectivity index (χ1n) is 4.52. The molecule has 7 heteroatoms. The number of benzene rings is 1. The third-order valence-corrected chi connectivity index (χ3v) is 3.12. The van der Waals surface area contributed by atoms with Crippen molar-refractivity contribution in [3.05, 3.63) is 24.0 Å². The van der Waals surface area contributed by atoms with Crippen molar-refractivity contribution in [3.8, 4) is 5.75 Å². The number of rotatable bonds is 5. The lowest BCUT2D eigenvalue weighted by molar-refractivity contribution is 0.413. The van der Waals surface area contributed by atoms with Gasteiger partial charge in [-0.15, -0.1) is 0 Å². The number of nitrogens with one attached hydrogen (secondary N) is 1. The van der Waals surface area contributed by atoms with Crippen LogP contribution in [0.3, 0.4) is 0 Å². The van der Waals surface area contributed by atoms with E-state index in [0.29, 0.717) is 0 Å². The molecule has 3 N–H and O–H groups in total. The molecular weight excluding hydrogens is 235 g/mol. The van der Waals surface area contributed by atoms with Crippen LogP contribution >= 0.6 is 0 Å². The molecule has 0 fully saturated rings. The van der Waals surface area contributed by atoms with Crippen LogP contribution in [0, 0.1) is 5.82 Å². The number of methoxy groups -OCH3 is 1. The van der Waals surface area contributed by atoms with Crippen LogP contribution in [-0.2, 0) is 10.0 Å². The minimum Gasteiger partial charge on any atom is -0.494 e. The highest BCUT2D eigenvalue weighted by Gasteiger charge is 2.12. The van der Waals surface area contributed by atoms with Gasteiger partial charge in [-0.1, -0.05) is 0 Å². The highest BCUT2D eigenvalue weighted by atomic mass is 32.2. The molecule has 5 nitrogen and oxygen atoms in total. The number of anilines is 1. The zero-order chi connectivity index (χ0) is 12.2. The van der Waals surface area contributed by atoms with Gasteiger partial charge in [-0.2, -0.15) is 0 Å². The lowest BCUT2D eigenvalue weighted by Gasteiger charge is -2.11. The number of nitrogens with two attached hydrogens (primary N) is 1. The van der Waals surface area contributed by atoms with Crippen LogP contribution in [0.5, 0.6) is 5.75 Å². The molecule has 0 atom stereocenters. The standard InChI is InChI=1S/C9H13FN2O3S/c1-15-9-6-7(10)2-3-8(9)12-16(13,14)5-4-11/h2-3,6,12H,4-5,11H2,1H3. The van der Waals surface area contributed by atoms with Crippen LogP contribution in [-0.4, -0.2) is 27.8 Å². The molecule has 1 rings (SSSR count). The van der Waals surface area contributed by atoms with Crippen molar-refractivity contribution >= 4 is 15.7 Å². The van der Waals surface area contributed by atoms with Crippen molar-refractivity contribution in [3.63, 3.8) is 0 Å². The highest BCUT2D eigenvalue weighted by molar-refractivity contribution is 7.92. The summed E-state index contributed by atoms with van der Waals surface area (Å²) >= 11 is 0. The van der Waals surface area contributed by atoms with Crippen LogP contribution in [0.2, 0.25) is 0 Å². The van der Waals surface area contributed by atoms with Crippen LogP contribution in [0.1, 0.15) is 0 Å². The van der Waals surface area contributed by atoms with Gasteiger partial charge < -0.3 is 10.5 Å². The Bertz CT molecular complexity index is 462. The van der Waals surface area contributed by atoms with Gasteiger partial charge >= 0.3 is 0 Å². The van der Waals surface area contributed by atoms with Gasteiger partial charge in [0.2, 0.25) is 10.0 Å². The van der Waals surface area contributed by atoms with Gasteiger partial charge in [0.1, 0.15) is 11.6 Å². The van der Waals surface area contributed by atoms with Crippen LogP contribution < -0.4 is 15.2 Å².